The highest BCUT2D eigenvalue weighted by atomic mass is 15.0. The Morgan fingerprint density at radius 2 is 0.388 bits per heavy atom. The second-order valence-corrected chi connectivity index (χ2v) is 30.8. The van der Waals surface area contributed by atoms with E-state index in [0.29, 0.717) is 0 Å². The van der Waals surface area contributed by atoms with Crippen LogP contribution in [0.2, 0.25) is 0 Å². The van der Waals surface area contributed by atoms with E-state index in [2.05, 4.69) is 446 Å². The Morgan fingerprint density at radius 1 is 0.129 bits per heavy atom. The van der Waals surface area contributed by atoms with Gasteiger partial charge >= 0.3 is 0 Å². The van der Waals surface area contributed by atoms with Gasteiger partial charge < -0.3 is 9.13 Å². The van der Waals surface area contributed by atoms with Gasteiger partial charge in [-0.05, 0) is 236 Å². The maximum absolute atomic E-state index is 2.47. The number of nitrogens with zero attached hydrogens (tertiary/aromatic N) is 2. The Morgan fingerprint density at radius 3 is 0.828 bits per heavy atom. The number of hydrogen-bond donors (Lipinski definition) is 0. The zero-order chi connectivity index (χ0) is 76.3. The summed E-state index contributed by atoms with van der Waals surface area (Å²) in [5, 5.41) is 27.9. The van der Waals surface area contributed by atoms with E-state index in [9.17, 15) is 0 Å². The lowest BCUT2D eigenvalue weighted by molar-refractivity contribution is 1.18. The largest absolute Gasteiger partial charge is 0.309 e. The standard InChI is InChI=1S/C58H37N.C56H35N/c1-3-14-38(15-4-1)42-19-13-20-43(36-42)44-28-33-48-45(37-44)30-35-54-58(48)57-47-21-8-7-16-39(47)29-34-53(57)59(54)46-31-26-41(27-32-46)56-51-24-11-9-22-49(51)55(40-17-5-2-6-18-40)50-23-10-12-25-52(50)56;1-2-16-38(17-3-1)53-47-21-8-10-23-49(47)54(50-24-11-9-22-48(50)53)39-28-31-40(32-29-39)57-51-34-30-37-15-5-7-20-42(37)55(51)56-46-27-13-26-44(45(46)33-35-52(56)57)43-25-12-18-36-14-4-6-19-41(36)43/h1-37H;1-35H. The van der Waals surface area contributed by atoms with Gasteiger partial charge in [0.1, 0.15) is 0 Å². The number of hydrogen-bond acceptors (Lipinski definition) is 0. The van der Waals surface area contributed by atoms with Crippen LogP contribution in [0.4, 0.5) is 0 Å². The summed E-state index contributed by atoms with van der Waals surface area (Å²) < 4.78 is 4.94. The number of benzene rings is 22. The molecule has 0 amide bonds. The molecule has 0 aliphatic carbocycles. The van der Waals surface area contributed by atoms with Gasteiger partial charge in [-0.15, -0.1) is 0 Å². The quantitative estimate of drug-likeness (QED) is 0.128. The molecule has 2 nitrogen and oxygen atoms in total. The fourth-order valence-electron chi connectivity index (χ4n) is 19.4. The van der Waals surface area contributed by atoms with Crippen molar-refractivity contribution in [1.82, 2.24) is 9.13 Å². The minimum atomic E-state index is 1.15. The summed E-state index contributed by atoms with van der Waals surface area (Å²) in [6, 6.07) is 161. The molecule has 0 spiro atoms. The molecule has 22 aromatic carbocycles. The van der Waals surface area contributed by atoms with E-state index in [-0.39, 0.29) is 0 Å². The first kappa shape index (κ1) is 66.6. The summed E-state index contributed by atoms with van der Waals surface area (Å²) in [5.74, 6) is 0. The summed E-state index contributed by atoms with van der Waals surface area (Å²) in [7, 11) is 0. The number of aromatic nitrogens is 2. The molecule has 0 aliphatic rings. The lowest BCUT2D eigenvalue weighted by Gasteiger charge is -2.18. The summed E-state index contributed by atoms with van der Waals surface area (Å²) >= 11 is 0. The summed E-state index contributed by atoms with van der Waals surface area (Å²) in [6.45, 7) is 0. The molecular weight excluding hydrogens is 1400 g/mol. The first-order valence-corrected chi connectivity index (χ1v) is 40.2. The fraction of sp³-hybridized carbons (Fsp3) is 0. The molecule has 24 aromatic rings. The van der Waals surface area contributed by atoms with Crippen LogP contribution in [0.15, 0.2) is 437 Å². The maximum atomic E-state index is 2.47. The third kappa shape index (κ3) is 10.7. The molecule has 24 rings (SSSR count). The van der Waals surface area contributed by atoms with Crippen LogP contribution in [0.1, 0.15) is 0 Å². The molecule has 0 atom stereocenters. The van der Waals surface area contributed by atoms with E-state index in [1.54, 1.807) is 0 Å². The van der Waals surface area contributed by atoms with Crippen molar-refractivity contribution in [3.05, 3.63) is 437 Å². The molecule has 0 unspecified atom stereocenters. The molecule has 0 radical (unpaired) electrons. The van der Waals surface area contributed by atoms with Crippen LogP contribution in [-0.4, -0.2) is 9.13 Å². The minimum absolute atomic E-state index is 1.15. The molecular formula is C114H72N2. The van der Waals surface area contributed by atoms with Crippen LogP contribution >= 0.6 is 0 Å². The summed E-state index contributed by atoms with van der Waals surface area (Å²) in [6.07, 6.45) is 0. The van der Waals surface area contributed by atoms with Gasteiger partial charge in [-0.3, -0.25) is 0 Å². The van der Waals surface area contributed by atoms with Crippen molar-refractivity contribution in [1.29, 1.82) is 0 Å². The van der Waals surface area contributed by atoms with Gasteiger partial charge in [-0.2, -0.15) is 0 Å². The van der Waals surface area contributed by atoms with E-state index in [4.69, 9.17) is 0 Å². The van der Waals surface area contributed by atoms with E-state index in [1.807, 2.05) is 0 Å². The molecule has 538 valence electrons. The van der Waals surface area contributed by atoms with Crippen LogP contribution < -0.4 is 0 Å². The molecule has 0 bridgehead atoms. The Hall–Kier alpha value is -15.2. The topological polar surface area (TPSA) is 9.86 Å². The number of fused-ring (bicyclic) bond motifs is 19. The zero-order valence-corrected chi connectivity index (χ0v) is 63.5. The van der Waals surface area contributed by atoms with E-state index >= 15 is 0 Å². The first-order valence-electron chi connectivity index (χ1n) is 40.2. The van der Waals surface area contributed by atoms with Gasteiger partial charge in [-0.1, -0.05) is 376 Å². The van der Waals surface area contributed by atoms with E-state index < -0.39 is 0 Å². The molecule has 2 aromatic heterocycles. The first-order chi connectivity index (χ1) is 57.6. The Balaban J connectivity index is 0.000000137. The van der Waals surface area contributed by atoms with Gasteiger partial charge in [0.2, 0.25) is 0 Å². The van der Waals surface area contributed by atoms with Crippen LogP contribution in [0.5, 0.6) is 0 Å². The molecule has 0 N–H and O–H groups in total. The van der Waals surface area contributed by atoms with E-state index in [1.165, 1.54) is 218 Å². The molecule has 2 heterocycles. The van der Waals surface area contributed by atoms with Crippen molar-refractivity contribution in [2.45, 2.75) is 0 Å². The lowest BCUT2D eigenvalue weighted by Crippen LogP contribution is -1.95. The van der Waals surface area contributed by atoms with Crippen molar-refractivity contribution >= 4 is 141 Å². The fourth-order valence-corrected chi connectivity index (χ4v) is 19.4. The Kier molecular flexibility index (Phi) is 15.7. The van der Waals surface area contributed by atoms with Gasteiger partial charge in [0, 0.05) is 32.9 Å². The molecule has 2 heteroatoms. The second-order valence-electron chi connectivity index (χ2n) is 30.8. The van der Waals surface area contributed by atoms with Crippen molar-refractivity contribution in [3.8, 4) is 89.3 Å². The van der Waals surface area contributed by atoms with Gasteiger partial charge in [0.15, 0.2) is 0 Å². The summed E-state index contributed by atoms with van der Waals surface area (Å²) in [4.78, 5) is 0. The van der Waals surface area contributed by atoms with Gasteiger partial charge in [0.25, 0.3) is 0 Å². The number of rotatable bonds is 9. The third-order valence-corrected chi connectivity index (χ3v) is 24.5. The maximum Gasteiger partial charge on any atom is 0.0547 e. The molecule has 116 heavy (non-hydrogen) atoms. The molecule has 0 saturated carbocycles. The molecule has 0 fully saturated rings. The molecule has 0 saturated heterocycles. The highest BCUT2D eigenvalue weighted by Gasteiger charge is 2.24. The smallest absolute Gasteiger partial charge is 0.0547 e. The Labute approximate surface area is 671 Å². The van der Waals surface area contributed by atoms with Gasteiger partial charge in [-0.25, -0.2) is 0 Å². The monoisotopic (exact) mass is 1470 g/mol. The van der Waals surface area contributed by atoms with Crippen molar-refractivity contribution < 1.29 is 0 Å². The van der Waals surface area contributed by atoms with Crippen molar-refractivity contribution in [2.75, 3.05) is 0 Å². The highest BCUT2D eigenvalue weighted by molar-refractivity contribution is 6.32. The SMILES string of the molecule is c1ccc(-c2c3ccccc3c(-c3ccc(-n4c5ccc6ccccc6c5c5c6cccc(-c7cccc8ccccc78)c6ccc54)cc3)c3ccccc23)cc1.c1ccc(-c2cccc(-c3ccc4c(ccc5c4c4c6ccccc6ccc4n5-c4ccc(-c5c6ccccc6c(-c6ccccc6)c6ccccc56)cc4)c3)c2)cc1. The van der Waals surface area contributed by atoms with Crippen LogP contribution in [0, 0.1) is 0 Å². The van der Waals surface area contributed by atoms with Crippen molar-refractivity contribution in [3.63, 3.8) is 0 Å². The van der Waals surface area contributed by atoms with E-state index in [0.717, 1.165) is 11.4 Å². The van der Waals surface area contributed by atoms with Gasteiger partial charge in [0.05, 0.1) is 22.1 Å². The minimum Gasteiger partial charge on any atom is -0.309 e. The Bertz CT molecular complexity index is 7970. The third-order valence-electron chi connectivity index (χ3n) is 24.5. The predicted octanol–water partition coefficient (Wildman–Crippen LogP) is 31.6. The predicted molar refractivity (Wildman–Crippen MR) is 497 cm³/mol. The van der Waals surface area contributed by atoms with Crippen LogP contribution in [0.3, 0.4) is 0 Å². The summed E-state index contributed by atoms with van der Waals surface area (Å²) in [5.41, 5.74) is 24.6. The van der Waals surface area contributed by atoms with Crippen LogP contribution in [-0.2, 0) is 0 Å². The van der Waals surface area contributed by atoms with Crippen LogP contribution in [0.25, 0.3) is 230 Å². The average Bonchev–Trinajstić information content (AvgIpc) is 1.56. The van der Waals surface area contributed by atoms with Crippen molar-refractivity contribution in [2.24, 2.45) is 0 Å². The average molecular weight is 1470 g/mol. The normalized spacial score (nSPS) is 11.8. The lowest BCUT2D eigenvalue weighted by atomic mass is 9.86. The second kappa shape index (κ2) is 27.3. The highest BCUT2D eigenvalue weighted by Crippen LogP contribution is 2.50. The zero-order valence-electron chi connectivity index (χ0n) is 63.5. The molecule has 0 aliphatic heterocycles.